The Labute approximate surface area is 168 Å². The van der Waals surface area contributed by atoms with Gasteiger partial charge in [-0.3, -0.25) is 4.79 Å². The minimum Gasteiger partial charge on any atom is -0.337 e. The van der Waals surface area contributed by atoms with E-state index in [1.54, 1.807) is 23.5 Å². The lowest BCUT2D eigenvalue weighted by Crippen LogP contribution is -3.08. The first-order chi connectivity index (χ1) is 13.6. The number of halogens is 1. The van der Waals surface area contributed by atoms with E-state index < -0.39 is 0 Å². The lowest BCUT2D eigenvalue weighted by molar-refractivity contribution is -0.885. The second-order valence-corrected chi connectivity index (χ2v) is 8.70. The van der Waals surface area contributed by atoms with Gasteiger partial charge in [-0.25, -0.2) is 9.37 Å². The third kappa shape index (κ3) is 4.39. The summed E-state index contributed by atoms with van der Waals surface area (Å²) >= 11 is 1.75. The van der Waals surface area contributed by atoms with Crippen LogP contribution >= 0.6 is 11.3 Å². The average Bonchev–Trinajstić information content (AvgIpc) is 3.14. The van der Waals surface area contributed by atoms with Gasteiger partial charge in [0.05, 0.1) is 22.3 Å². The zero-order chi connectivity index (χ0) is 19.5. The third-order valence-corrected chi connectivity index (χ3v) is 6.50. The monoisotopic (exact) mass is 398 g/mol. The fourth-order valence-electron chi connectivity index (χ4n) is 3.85. The lowest BCUT2D eigenvalue weighted by atomic mass is 9.98. The highest BCUT2D eigenvalue weighted by molar-refractivity contribution is 7.18. The molecule has 2 aromatic carbocycles. The molecule has 146 valence electrons. The summed E-state index contributed by atoms with van der Waals surface area (Å²) in [5.74, 6) is 0.282. The number of carbonyl (C=O) groups is 1. The fourth-order valence-corrected chi connectivity index (χ4v) is 4.95. The van der Waals surface area contributed by atoms with Crippen LogP contribution in [-0.2, 0) is 11.3 Å². The molecule has 28 heavy (non-hydrogen) atoms. The third-order valence-electron chi connectivity index (χ3n) is 5.31. The first-order valence-electron chi connectivity index (χ1n) is 9.77. The number of carbonyl (C=O) groups excluding carboxylic acids is 1. The molecule has 1 fully saturated rings. The topological polar surface area (TPSA) is 37.6 Å². The summed E-state index contributed by atoms with van der Waals surface area (Å²) in [4.78, 5) is 20.7. The highest BCUT2D eigenvalue weighted by Crippen LogP contribution is 2.32. The van der Waals surface area contributed by atoms with Gasteiger partial charge in [0.25, 0.3) is 5.91 Å². The molecule has 2 atom stereocenters. The van der Waals surface area contributed by atoms with Crippen LogP contribution in [0.3, 0.4) is 0 Å². The molecule has 1 aliphatic heterocycles. The molecular formula is C22H25FN3OS+. The van der Waals surface area contributed by atoms with E-state index in [4.69, 9.17) is 4.98 Å². The van der Waals surface area contributed by atoms with Gasteiger partial charge in [-0.15, -0.1) is 11.3 Å². The van der Waals surface area contributed by atoms with Gasteiger partial charge in [-0.2, -0.15) is 0 Å². The van der Waals surface area contributed by atoms with Crippen molar-refractivity contribution in [3.8, 4) is 0 Å². The van der Waals surface area contributed by atoms with Crippen LogP contribution in [0.4, 0.5) is 4.39 Å². The van der Waals surface area contributed by atoms with Gasteiger partial charge in [0, 0.05) is 24.6 Å². The largest absolute Gasteiger partial charge is 0.337 e. The van der Waals surface area contributed by atoms with Crippen molar-refractivity contribution in [2.45, 2.75) is 25.3 Å². The minimum atomic E-state index is -0.230. The zero-order valence-corrected chi connectivity index (χ0v) is 16.8. The molecule has 6 heteroatoms. The highest BCUT2D eigenvalue weighted by Gasteiger charge is 2.28. The van der Waals surface area contributed by atoms with Crippen molar-refractivity contribution in [3.05, 3.63) is 64.9 Å². The van der Waals surface area contributed by atoms with Gasteiger partial charge in [0.15, 0.2) is 6.54 Å². The number of nitrogens with one attached hydrogen (secondary N) is 1. The number of hydrogen-bond donors (Lipinski definition) is 1. The molecule has 0 radical (unpaired) electrons. The number of likely N-dealkylation sites (tertiary alicyclic amines) is 1. The van der Waals surface area contributed by atoms with E-state index >= 15 is 0 Å². The summed E-state index contributed by atoms with van der Waals surface area (Å²) in [5, 5.41) is 1.14. The van der Waals surface area contributed by atoms with E-state index in [1.807, 2.05) is 24.1 Å². The molecule has 1 aromatic heterocycles. The van der Waals surface area contributed by atoms with Crippen LogP contribution in [0.15, 0.2) is 48.5 Å². The number of likely N-dealkylation sites (N-methyl/N-ethyl adjacent to an activating group) is 1. The Morgan fingerprint density at radius 2 is 2.04 bits per heavy atom. The van der Waals surface area contributed by atoms with Crippen molar-refractivity contribution in [1.82, 2.24) is 9.88 Å². The molecule has 2 heterocycles. The molecule has 4 rings (SSSR count). The number of nitrogens with zero attached hydrogens (tertiary/aromatic N) is 2. The van der Waals surface area contributed by atoms with Crippen molar-refractivity contribution in [2.24, 2.45) is 0 Å². The lowest BCUT2D eigenvalue weighted by Gasteiger charge is -2.32. The Kier molecular flexibility index (Phi) is 5.69. The van der Waals surface area contributed by atoms with Crippen molar-refractivity contribution >= 4 is 27.5 Å². The Balaban J connectivity index is 1.36. The maximum atomic E-state index is 13.0. The van der Waals surface area contributed by atoms with Crippen LogP contribution in [0.25, 0.3) is 10.2 Å². The second kappa shape index (κ2) is 8.37. The Bertz CT molecular complexity index is 923. The van der Waals surface area contributed by atoms with E-state index in [9.17, 15) is 9.18 Å². The van der Waals surface area contributed by atoms with Gasteiger partial charge in [0.2, 0.25) is 0 Å². The Morgan fingerprint density at radius 1 is 1.25 bits per heavy atom. The average molecular weight is 399 g/mol. The SMILES string of the molecule is C[NH+](CC(=O)N1CCC[C@@H](c2nc3ccccc3s2)C1)Cc1ccc(F)cc1. The van der Waals surface area contributed by atoms with Crippen molar-refractivity contribution in [1.29, 1.82) is 0 Å². The number of amides is 1. The number of aromatic nitrogens is 1. The highest BCUT2D eigenvalue weighted by atomic mass is 32.1. The molecule has 1 amide bonds. The Hall–Kier alpha value is -2.31. The van der Waals surface area contributed by atoms with E-state index in [0.717, 1.165) is 46.9 Å². The molecule has 0 saturated carbocycles. The quantitative estimate of drug-likeness (QED) is 0.718. The molecule has 1 unspecified atom stereocenters. The first kappa shape index (κ1) is 19.0. The fraction of sp³-hybridized carbons (Fsp3) is 0.364. The Morgan fingerprint density at radius 3 is 2.82 bits per heavy atom. The number of rotatable bonds is 5. The molecule has 3 aromatic rings. The summed E-state index contributed by atoms with van der Waals surface area (Å²) in [6.45, 7) is 2.73. The van der Waals surface area contributed by atoms with Gasteiger partial charge >= 0.3 is 0 Å². The van der Waals surface area contributed by atoms with Crippen LogP contribution in [-0.4, -0.2) is 42.5 Å². The van der Waals surface area contributed by atoms with E-state index in [-0.39, 0.29) is 11.7 Å². The van der Waals surface area contributed by atoms with Crippen molar-refractivity contribution < 1.29 is 14.1 Å². The molecule has 4 nitrogen and oxygen atoms in total. The minimum absolute atomic E-state index is 0.186. The number of thiazole rings is 1. The van der Waals surface area contributed by atoms with Crippen LogP contribution in [0.5, 0.6) is 0 Å². The maximum Gasteiger partial charge on any atom is 0.277 e. The molecule has 1 saturated heterocycles. The van der Waals surface area contributed by atoms with Gasteiger partial charge in [-0.05, 0) is 37.1 Å². The molecule has 1 N–H and O–H groups in total. The van der Waals surface area contributed by atoms with Crippen LogP contribution in [0.1, 0.15) is 29.3 Å². The number of para-hydroxylation sites is 1. The first-order valence-corrected chi connectivity index (χ1v) is 10.6. The number of hydrogen-bond acceptors (Lipinski definition) is 3. The molecule has 0 aliphatic carbocycles. The standard InChI is InChI=1S/C22H24FN3OS/c1-25(13-16-8-10-18(23)11-9-16)15-21(27)26-12-4-5-17(14-26)22-24-19-6-2-3-7-20(19)28-22/h2-3,6-11,17H,4-5,12-15H2,1H3/p+1/t17-/m1/s1. The van der Waals surface area contributed by atoms with Crippen molar-refractivity contribution in [2.75, 3.05) is 26.7 Å². The molecular weight excluding hydrogens is 373 g/mol. The van der Waals surface area contributed by atoms with E-state index in [1.165, 1.54) is 16.8 Å². The molecule has 0 spiro atoms. The summed E-state index contributed by atoms with van der Waals surface area (Å²) in [5.41, 5.74) is 2.09. The molecule has 1 aliphatic rings. The summed E-state index contributed by atoms with van der Waals surface area (Å²) < 4.78 is 14.3. The van der Waals surface area contributed by atoms with Crippen molar-refractivity contribution in [3.63, 3.8) is 0 Å². The summed E-state index contributed by atoms with van der Waals surface area (Å²) in [7, 11) is 2.01. The number of piperidine rings is 1. The van der Waals surface area contributed by atoms with Gasteiger partial charge in [-0.1, -0.05) is 24.3 Å². The van der Waals surface area contributed by atoms with Gasteiger partial charge in [0.1, 0.15) is 12.4 Å². The normalized spacial score (nSPS) is 18.4. The predicted molar refractivity (Wildman–Crippen MR) is 110 cm³/mol. The summed E-state index contributed by atoms with van der Waals surface area (Å²) in [6.07, 6.45) is 2.10. The van der Waals surface area contributed by atoms with Crippen LogP contribution < -0.4 is 4.90 Å². The van der Waals surface area contributed by atoms with Crippen LogP contribution in [0, 0.1) is 5.82 Å². The number of quaternary nitrogens is 1. The zero-order valence-electron chi connectivity index (χ0n) is 16.0. The summed E-state index contributed by atoms with van der Waals surface area (Å²) in [6, 6.07) is 14.7. The van der Waals surface area contributed by atoms with E-state index in [2.05, 4.69) is 12.1 Å². The van der Waals surface area contributed by atoms with Gasteiger partial charge < -0.3 is 9.80 Å². The predicted octanol–water partition coefficient (Wildman–Crippen LogP) is 2.86. The maximum absolute atomic E-state index is 13.0. The van der Waals surface area contributed by atoms with E-state index in [0.29, 0.717) is 19.0 Å². The van der Waals surface area contributed by atoms with Crippen LogP contribution in [0.2, 0.25) is 0 Å². The number of fused-ring (bicyclic) bond motifs is 1. The number of benzene rings is 2. The second-order valence-electron chi connectivity index (χ2n) is 7.64. The smallest absolute Gasteiger partial charge is 0.277 e. The molecule has 0 bridgehead atoms.